The van der Waals surface area contributed by atoms with Gasteiger partial charge in [-0.3, -0.25) is 9.36 Å². The minimum absolute atomic E-state index is 0.169. The second-order valence-corrected chi connectivity index (χ2v) is 5.41. The molecule has 3 rings (SSSR count). The Morgan fingerprint density at radius 1 is 1.17 bits per heavy atom. The lowest BCUT2D eigenvalue weighted by Gasteiger charge is -2.07. The molecule has 4 nitrogen and oxygen atoms in total. The lowest BCUT2D eigenvalue weighted by atomic mass is 10.1. The zero-order valence-corrected chi connectivity index (χ0v) is 12.7. The van der Waals surface area contributed by atoms with Crippen LogP contribution in [0.1, 0.15) is 15.9 Å². The molecule has 3 aromatic rings. The van der Waals surface area contributed by atoms with E-state index >= 15 is 0 Å². The average Bonchev–Trinajstić information content (AvgIpc) is 2.92. The summed E-state index contributed by atoms with van der Waals surface area (Å²) in [6.45, 7) is 4.41. The van der Waals surface area contributed by atoms with E-state index in [-0.39, 0.29) is 11.7 Å². The largest absolute Gasteiger partial charge is 0.508 e. The zero-order valence-electron chi connectivity index (χ0n) is 12.7. The van der Waals surface area contributed by atoms with Crippen molar-refractivity contribution in [1.82, 2.24) is 4.57 Å². The highest BCUT2D eigenvalue weighted by Gasteiger charge is 2.17. The van der Waals surface area contributed by atoms with Gasteiger partial charge in [-0.1, -0.05) is 36.9 Å². The summed E-state index contributed by atoms with van der Waals surface area (Å²) in [4.78, 5) is 12.8. The molecular formula is C19H18N2O2. The van der Waals surface area contributed by atoms with E-state index in [0.717, 1.165) is 22.0 Å². The molecule has 0 unspecified atom stereocenters. The Balaban J connectivity index is 2.09. The Hall–Kier alpha value is -2.85. The predicted octanol–water partition coefficient (Wildman–Crippen LogP) is 3.20. The predicted molar refractivity (Wildman–Crippen MR) is 92.5 cm³/mol. The number of phenolic OH excluding ortho intramolecular Hbond substituents is 1. The number of fused-ring (bicyclic) bond motifs is 1. The van der Waals surface area contributed by atoms with E-state index < -0.39 is 0 Å². The van der Waals surface area contributed by atoms with Crippen molar-refractivity contribution in [3.63, 3.8) is 0 Å². The smallest absolute Gasteiger partial charge is 0.262 e. The maximum absolute atomic E-state index is 12.8. The number of nitrogens with two attached hydrogens (primary N) is 1. The van der Waals surface area contributed by atoms with Crippen molar-refractivity contribution in [2.45, 2.75) is 6.42 Å². The number of rotatable bonds is 4. The fourth-order valence-electron chi connectivity index (χ4n) is 2.72. The first kappa shape index (κ1) is 15.1. The molecular weight excluding hydrogens is 288 g/mol. The number of nitrogens with zero attached hydrogens (tertiary/aromatic N) is 1. The number of hydrogen-bond donors (Lipinski definition) is 2. The topological polar surface area (TPSA) is 68.2 Å². The number of phenols is 1. The van der Waals surface area contributed by atoms with Crippen LogP contribution in [-0.2, 0) is 6.42 Å². The summed E-state index contributed by atoms with van der Waals surface area (Å²) in [6.07, 6.45) is 2.42. The second-order valence-electron chi connectivity index (χ2n) is 5.41. The highest BCUT2D eigenvalue weighted by Crippen LogP contribution is 2.27. The minimum Gasteiger partial charge on any atom is -0.508 e. The number of benzene rings is 2. The van der Waals surface area contributed by atoms with Crippen molar-refractivity contribution in [3.05, 3.63) is 72.4 Å². The average molecular weight is 306 g/mol. The van der Waals surface area contributed by atoms with E-state index in [0.29, 0.717) is 18.5 Å². The number of carbonyl (C=O) groups excluding carboxylic acids is 1. The van der Waals surface area contributed by atoms with Crippen LogP contribution in [0.3, 0.4) is 0 Å². The third-order valence-electron chi connectivity index (χ3n) is 3.88. The van der Waals surface area contributed by atoms with Crippen LogP contribution in [0.5, 0.6) is 5.75 Å². The number of aromatic hydroxyl groups is 1. The highest BCUT2D eigenvalue weighted by molar-refractivity contribution is 6.22. The van der Waals surface area contributed by atoms with Crippen LogP contribution in [0, 0.1) is 0 Å². The lowest BCUT2D eigenvalue weighted by molar-refractivity contribution is 0.0985. The van der Waals surface area contributed by atoms with E-state index in [1.807, 2.05) is 30.3 Å². The first-order valence-corrected chi connectivity index (χ1v) is 7.44. The van der Waals surface area contributed by atoms with Crippen LogP contribution in [0.4, 0.5) is 0 Å². The molecule has 2 aromatic carbocycles. The van der Waals surface area contributed by atoms with Gasteiger partial charge < -0.3 is 10.8 Å². The van der Waals surface area contributed by atoms with Crippen molar-refractivity contribution in [1.29, 1.82) is 0 Å². The molecule has 3 N–H and O–H groups in total. The van der Waals surface area contributed by atoms with Crippen LogP contribution in [0.25, 0.3) is 16.5 Å². The third kappa shape index (κ3) is 2.76. The van der Waals surface area contributed by atoms with Gasteiger partial charge in [0.05, 0.1) is 5.52 Å². The molecule has 0 aliphatic rings. The second kappa shape index (κ2) is 6.10. The molecule has 0 saturated heterocycles. The molecule has 0 radical (unpaired) electrons. The van der Waals surface area contributed by atoms with Crippen LogP contribution in [-0.4, -0.2) is 22.1 Å². The quantitative estimate of drug-likeness (QED) is 0.727. The van der Waals surface area contributed by atoms with Crippen molar-refractivity contribution >= 4 is 22.4 Å². The first-order chi connectivity index (χ1) is 11.1. The summed E-state index contributed by atoms with van der Waals surface area (Å²) >= 11 is 0. The highest BCUT2D eigenvalue weighted by atomic mass is 16.3. The van der Waals surface area contributed by atoms with Gasteiger partial charge in [-0.15, -0.1) is 0 Å². The van der Waals surface area contributed by atoms with Gasteiger partial charge in [0.25, 0.3) is 5.91 Å². The maximum atomic E-state index is 12.8. The third-order valence-corrected chi connectivity index (χ3v) is 3.88. The first-order valence-electron chi connectivity index (χ1n) is 7.44. The van der Waals surface area contributed by atoms with E-state index in [4.69, 9.17) is 5.73 Å². The summed E-state index contributed by atoms with van der Waals surface area (Å²) in [5.74, 6) is -0.0157. The van der Waals surface area contributed by atoms with Gasteiger partial charge in [-0.05, 0) is 42.3 Å². The molecule has 0 amide bonds. The number of carbonyl (C=O) groups is 1. The Labute approximate surface area is 134 Å². The molecule has 1 aromatic heterocycles. The summed E-state index contributed by atoms with van der Waals surface area (Å²) in [5.41, 5.74) is 8.55. The summed E-state index contributed by atoms with van der Waals surface area (Å²) in [6, 6.07) is 14.3. The summed E-state index contributed by atoms with van der Waals surface area (Å²) in [7, 11) is 0. The van der Waals surface area contributed by atoms with Crippen molar-refractivity contribution in [3.8, 4) is 5.75 Å². The molecule has 0 saturated carbocycles. The fraction of sp³-hybridized carbons (Fsp3) is 0.105. The number of hydrogen-bond acceptors (Lipinski definition) is 3. The summed E-state index contributed by atoms with van der Waals surface area (Å²) in [5, 5.41) is 10.6. The standard InChI is InChI=1S/C19H18N2O2/c1-13(14-5-3-2-4-6-14)19(23)21-12-15(9-10-20)17-11-16(22)7-8-18(17)21/h2-8,11-12,22H,1,9-10,20H2. The SMILES string of the molecule is C=C(C(=O)n1cc(CCN)c2cc(O)ccc21)c1ccccc1. The van der Waals surface area contributed by atoms with Gasteiger partial charge in [0.1, 0.15) is 5.75 Å². The molecule has 0 spiro atoms. The van der Waals surface area contributed by atoms with Gasteiger partial charge in [0, 0.05) is 17.2 Å². The monoisotopic (exact) mass is 306 g/mol. The minimum atomic E-state index is -0.185. The van der Waals surface area contributed by atoms with Crippen molar-refractivity contribution < 1.29 is 9.90 Å². The molecule has 23 heavy (non-hydrogen) atoms. The van der Waals surface area contributed by atoms with Crippen LogP contribution in [0.2, 0.25) is 0 Å². The van der Waals surface area contributed by atoms with Gasteiger partial charge in [0.2, 0.25) is 0 Å². The molecule has 0 atom stereocenters. The zero-order chi connectivity index (χ0) is 16.4. The Morgan fingerprint density at radius 3 is 2.61 bits per heavy atom. The number of aromatic nitrogens is 1. The van der Waals surface area contributed by atoms with Gasteiger partial charge in [-0.25, -0.2) is 0 Å². The summed E-state index contributed by atoms with van der Waals surface area (Å²) < 4.78 is 1.58. The van der Waals surface area contributed by atoms with Crippen LogP contribution >= 0.6 is 0 Å². The van der Waals surface area contributed by atoms with Gasteiger partial charge in [-0.2, -0.15) is 0 Å². The van der Waals surface area contributed by atoms with Crippen molar-refractivity contribution in [2.24, 2.45) is 5.73 Å². The molecule has 4 heteroatoms. The van der Waals surface area contributed by atoms with E-state index in [1.165, 1.54) is 0 Å². The molecule has 116 valence electrons. The van der Waals surface area contributed by atoms with Gasteiger partial charge >= 0.3 is 0 Å². The molecule has 0 fully saturated rings. The maximum Gasteiger partial charge on any atom is 0.262 e. The van der Waals surface area contributed by atoms with E-state index in [9.17, 15) is 9.90 Å². The fourth-order valence-corrected chi connectivity index (χ4v) is 2.72. The normalized spacial score (nSPS) is 10.8. The molecule has 0 aliphatic carbocycles. The Bertz CT molecular complexity index is 879. The van der Waals surface area contributed by atoms with Crippen LogP contribution in [0.15, 0.2) is 61.3 Å². The van der Waals surface area contributed by atoms with Crippen molar-refractivity contribution in [2.75, 3.05) is 6.54 Å². The number of allylic oxidation sites excluding steroid dienone is 1. The molecule has 0 aliphatic heterocycles. The molecule has 1 heterocycles. The lowest BCUT2D eigenvalue weighted by Crippen LogP contribution is -2.11. The van der Waals surface area contributed by atoms with E-state index in [2.05, 4.69) is 6.58 Å². The van der Waals surface area contributed by atoms with E-state index in [1.54, 1.807) is 29.0 Å². The Kier molecular flexibility index (Phi) is 4.00. The van der Waals surface area contributed by atoms with Crippen LogP contribution < -0.4 is 5.73 Å². The molecule has 0 bridgehead atoms. The van der Waals surface area contributed by atoms with Gasteiger partial charge in [0.15, 0.2) is 0 Å². The Morgan fingerprint density at radius 2 is 1.91 bits per heavy atom.